The van der Waals surface area contributed by atoms with Gasteiger partial charge in [-0.3, -0.25) is 0 Å². The Morgan fingerprint density at radius 1 is 1.30 bits per heavy atom. The molecule has 0 aliphatic heterocycles. The molecule has 0 aliphatic carbocycles. The van der Waals surface area contributed by atoms with Gasteiger partial charge in [-0.2, -0.15) is 0 Å². The van der Waals surface area contributed by atoms with Crippen molar-refractivity contribution >= 4 is 23.1 Å². The van der Waals surface area contributed by atoms with Crippen molar-refractivity contribution in [1.29, 1.82) is 0 Å². The first kappa shape index (κ1) is 16.8. The van der Waals surface area contributed by atoms with Gasteiger partial charge in [0.2, 0.25) is 0 Å². The molecule has 2 N–H and O–H groups in total. The lowest BCUT2D eigenvalue weighted by molar-refractivity contribution is 0.0511. The highest BCUT2D eigenvalue weighted by molar-refractivity contribution is 5.93. The van der Waals surface area contributed by atoms with E-state index in [2.05, 4.69) is 15.3 Å². The molecule has 0 bridgehead atoms. The van der Waals surface area contributed by atoms with Crippen molar-refractivity contribution in [2.45, 2.75) is 39.8 Å². The monoisotopic (exact) mass is 319 g/mol. The molecule has 0 aliphatic rings. The number of fused-ring (bicyclic) bond motifs is 1. The predicted octanol–water partition coefficient (Wildman–Crippen LogP) is 2.76. The van der Waals surface area contributed by atoms with Crippen LogP contribution in [0.25, 0.3) is 11.0 Å². The normalized spacial score (nSPS) is 11.3. The molecule has 2 aromatic rings. The van der Waals surface area contributed by atoms with Crippen LogP contribution < -0.4 is 5.32 Å². The summed E-state index contributed by atoms with van der Waals surface area (Å²) < 4.78 is 10.1. The first-order chi connectivity index (χ1) is 10.8. The average molecular weight is 319 g/mol. The number of ether oxygens (including phenoxy) is 2. The molecule has 0 spiro atoms. The standard InChI is InChI=1S/C16H21N3O4/c1-5-22-14(20)12-8-10-6-7-11(18-13(10)19-12)9-17-15(21)23-16(2,3)4/h6-8H,5,9H2,1-4H3,(H,17,21)(H,18,19). The molecular formula is C16H21N3O4. The Hall–Kier alpha value is -2.57. The van der Waals surface area contributed by atoms with Crippen LogP contribution in [0.15, 0.2) is 18.2 Å². The van der Waals surface area contributed by atoms with E-state index < -0.39 is 17.7 Å². The van der Waals surface area contributed by atoms with Crippen molar-refractivity contribution in [1.82, 2.24) is 15.3 Å². The molecule has 7 heteroatoms. The van der Waals surface area contributed by atoms with Gasteiger partial charge >= 0.3 is 12.1 Å². The molecule has 0 unspecified atom stereocenters. The SMILES string of the molecule is CCOC(=O)c1cc2ccc(CNC(=O)OC(C)(C)C)nc2[nH]1. The molecule has 1 amide bonds. The summed E-state index contributed by atoms with van der Waals surface area (Å²) in [6.07, 6.45) is -0.502. The largest absolute Gasteiger partial charge is 0.461 e. The van der Waals surface area contributed by atoms with Crippen molar-refractivity contribution in [2.75, 3.05) is 6.61 Å². The molecule has 0 saturated carbocycles. The second-order valence-electron chi connectivity index (χ2n) is 6.00. The molecule has 2 aromatic heterocycles. The number of amides is 1. The molecule has 0 aromatic carbocycles. The molecule has 0 fully saturated rings. The number of H-pyrrole nitrogens is 1. The van der Waals surface area contributed by atoms with Gasteiger partial charge in [0.15, 0.2) is 0 Å². The molecule has 2 rings (SSSR count). The summed E-state index contributed by atoms with van der Waals surface area (Å²) in [6.45, 7) is 7.69. The number of aromatic amines is 1. The van der Waals surface area contributed by atoms with Gasteiger partial charge in [0.25, 0.3) is 0 Å². The van der Waals surface area contributed by atoms with E-state index in [4.69, 9.17) is 9.47 Å². The van der Waals surface area contributed by atoms with Gasteiger partial charge in [0, 0.05) is 5.39 Å². The summed E-state index contributed by atoms with van der Waals surface area (Å²) in [5.74, 6) is -0.418. The van der Waals surface area contributed by atoms with E-state index in [1.54, 1.807) is 39.8 Å². The van der Waals surface area contributed by atoms with Gasteiger partial charge < -0.3 is 19.8 Å². The van der Waals surface area contributed by atoms with E-state index in [0.29, 0.717) is 23.6 Å². The average Bonchev–Trinajstić information content (AvgIpc) is 2.86. The van der Waals surface area contributed by atoms with E-state index in [9.17, 15) is 9.59 Å². The quantitative estimate of drug-likeness (QED) is 0.845. The van der Waals surface area contributed by atoms with Gasteiger partial charge in [0.1, 0.15) is 16.9 Å². The fraction of sp³-hybridized carbons (Fsp3) is 0.438. The maximum atomic E-state index is 11.7. The van der Waals surface area contributed by atoms with Crippen molar-refractivity contribution in [2.24, 2.45) is 0 Å². The summed E-state index contributed by atoms with van der Waals surface area (Å²) in [4.78, 5) is 30.6. The van der Waals surface area contributed by atoms with Crippen LogP contribution in [0.5, 0.6) is 0 Å². The number of hydrogen-bond acceptors (Lipinski definition) is 5. The second-order valence-corrected chi connectivity index (χ2v) is 6.00. The Labute approximate surface area is 134 Å². The number of rotatable bonds is 4. The minimum atomic E-state index is -0.546. The maximum absolute atomic E-state index is 11.7. The van der Waals surface area contributed by atoms with E-state index >= 15 is 0 Å². The van der Waals surface area contributed by atoms with Crippen LogP contribution in [0, 0.1) is 0 Å². The second kappa shape index (κ2) is 6.68. The fourth-order valence-electron chi connectivity index (χ4n) is 1.94. The molecule has 0 atom stereocenters. The van der Waals surface area contributed by atoms with Crippen LogP contribution in [0.3, 0.4) is 0 Å². The molecular weight excluding hydrogens is 298 g/mol. The van der Waals surface area contributed by atoms with Crippen LogP contribution in [-0.2, 0) is 16.0 Å². The summed E-state index contributed by atoms with van der Waals surface area (Å²) in [7, 11) is 0. The highest BCUT2D eigenvalue weighted by atomic mass is 16.6. The lowest BCUT2D eigenvalue weighted by Crippen LogP contribution is -2.32. The number of esters is 1. The molecule has 23 heavy (non-hydrogen) atoms. The smallest absolute Gasteiger partial charge is 0.407 e. The summed E-state index contributed by atoms with van der Waals surface area (Å²) in [5.41, 5.74) is 1.03. The van der Waals surface area contributed by atoms with Gasteiger partial charge in [-0.25, -0.2) is 14.6 Å². The number of aromatic nitrogens is 2. The molecule has 0 saturated heterocycles. The van der Waals surface area contributed by atoms with E-state index in [1.165, 1.54) is 0 Å². The first-order valence-electron chi connectivity index (χ1n) is 7.41. The third kappa shape index (κ3) is 4.70. The predicted molar refractivity (Wildman–Crippen MR) is 85.1 cm³/mol. The summed E-state index contributed by atoms with van der Waals surface area (Å²) >= 11 is 0. The van der Waals surface area contributed by atoms with Crippen molar-refractivity contribution in [3.8, 4) is 0 Å². The van der Waals surface area contributed by atoms with Crippen molar-refractivity contribution in [3.63, 3.8) is 0 Å². The summed E-state index contributed by atoms with van der Waals surface area (Å²) in [5, 5.41) is 3.44. The van der Waals surface area contributed by atoms with Crippen LogP contribution >= 0.6 is 0 Å². The molecule has 7 nitrogen and oxygen atoms in total. The van der Waals surface area contributed by atoms with E-state index in [1.807, 2.05) is 6.07 Å². The Morgan fingerprint density at radius 3 is 2.70 bits per heavy atom. The number of carbonyl (C=O) groups excluding carboxylic acids is 2. The minimum absolute atomic E-state index is 0.235. The number of hydrogen-bond donors (Lipinski definition) is 2. The Morgan fingerprint density at radius 2 is 2.04 bits per heavy atom. The molecule has 2 heterocycles. The Kier molecular flexibility index (Phi) is 4.88. The number of carbonyl (C=O) groups is 2. The van der Waals surface area contributed by atoms with Crippen LogP contribution in [0.1, 0.15) is 43.9 Å². The minimum Gasteiger partial charge on any atom is -0.461 e. The van der Waals surface area contributed by atoms with Crippen molar-refractivity contribution < 1.29 is 19.1 Å². The lowest BCUT2D eigenvalue weighted by Gasteiger charge is -2.19. The maximum Gasteiger partial charge on any atom is 0.407 e. The lowest BCUT2D eigenvalue weighted by atomic mass is 10.2. The molecule has 124 valence electrons. The highest BCUT2D eigenvalue weighted by Crippen LogP contribution is 2.15. The number of nitrogens with zero attached hydrogens (tertiary/aromatic N) is 1. The van der Waals surface area contributed by atoms with Gasteiger partial charge in [-0.1, -0.05) is 0 Å². The zero-order valence-corrected chi connectivity index (χ0v) is 13.7. The van der Waals surface area contributed by atoms with Gasteiger partial charge in [-0.15, -0.1) is 0 Å². The Balaban J connectivity index is 2.05. The van der Waals surface area contributed by atoms with E-state index in [0.717, 1.165) is 5.39 Å². The van der Waals surface area contributed by atoms with Crippen LogP contribution in [0.2, 0.25) is 0 Å². The first-order valence-corrected chi connectivity index (χ1v) is 7.41. The molecule has 0 radical (unpaired) electrons. The van der Waals surface area contributed by atoms with Crippen LogP contribution in [-0.4, -0.2) is 34.2 Å². The zero-order chi connectivity index (χ0) is 17.0. The van der Waals surface area contributed by atoms with Crippen molar-refractivity contribution in [3.05, 3.63) is 29.6 Å². The van der Waals surface area contributed by atoms with Crippen LogP contribution in [0.4, 0.5) is 4.79 Å². The van der Waals surface area contributed by atoms with E-state index in [-0.39, 0.29) is 6.54 Å². The van der Waals surface area contributed by atoms with Gasteiger partial charge in [-0.05, 0) is 45.9 Å². The third-order valence-corrected chi connectivity index (χ3v) is 2.85. The zero-order valence-electron chi connectivity index (χ0n) is 13.7. The number of nitrogens with one attached hydrogen (secondary N) is 2. The van der Waals surface area contributed by atoms with Gasteiger partial charge in [0.05, 0.1) is 18.8 Å². The number of pyridine rings is 1. The fourth-order valence-corrected chi connectivity index (χ4v) is 1.94. The Bertz CT molecular complexity index is 716. The third-order valence-electron chi connectivity index (χ3n) is 2.85. The summed E-state index contributed by atoms with van der Waals surface area (Å²) in [6, 6.07) is 5.29. The topological polar surface area (TPSA) is 93.3 Å². The number of alkyl carbamates (subject to hydrolysis) is 1. The highest BCUT2D eigenvalue weighted by Gasteiger charge is 2.16.